The van der Waals surface area contributed by atoms with Crippen molar-refractivity contribution in [2.45, 2.75) is 37.5 Å². The van der Waals surface area contributed by atoms with Crippen LogP contribution in [-0.4, -0.2) is 48.7 Å². The number of carboxylic acid groups (broad SMARTS) is 1. The van der Waals surface area contributed by atoms with Gasteiger partial charge in [-0.05, 0) is 43.4 Å². The second-order valence-corrected chi connectivity index (χ2v) is 7.29. The number of methoxy groups -OCH3 is 1. The van der Waals surface area contributed by atoms with Crippen LogP contribution in [0, 0.1) is 11.2 Å². The van der Waals surface area contributed by atoms with Gasteiger partial charge in [0.05, 0.1) is 12.0 Å². The lowest BCUT2D eigenvalue weighted by molar-refractivity contribution is -0.161. The first-order chi connectivity index (χ1) is 11.9. The normalized spacial score (nSPS) is 25.3. The van der Waals surface area contributed by atoms with Crippen LogP contribution in [0.4, 0.5) is 4.39 Å². The molecule has 0 aromatic heterocycles. The smallest absolute Gasteiger partial charge is 0.313 e. The molecular formula is C19H24FNO4. The molecule has 0 radical (unpaired) electrons. The molecule has 6 heteroatoms. The average molecular weight is 349 g/mol. The molecule has 1 aromatic rings. The molecule has 1 unspecified atom stereocenters. The number of amides is 1. The number of rotatable bonds is 5. The van der Waals surface area contributed by atoms with E-state index >= 15 is 0 Å². The third-order valence-corrected chi connectivity index (χ3v) is 5.73. The number of nitrogens with zero attached hydrogens (tertiary/aromatic N) is 1. The largest absolute Gasteiger partial charge is 0.481 e. The van der Waals surface area contributed by atoms with Gasteiger partial charge >= 0.3 is 5.97 Å². The van der Waals surface area contributed by atoms with Crippen LogP contribution < -0.4 is 0 Å². The SMILES string of the molecule is COCC1(C(=O)O)CCCN(C(=O)C2(c3cccc(F)c3)CCC2)C1. The maximum atomic E-state index is 13.7. The summed E-state index contributed by atoms with van der Waals surface area (Å²) in [6.07, 6.45) is 3.39. The van der Waals surface area contributed by atoms with E-state index in [0.29, 0.717) is 37.8 Å². The van der Waals surface area contributed by atoms with Crippen LogP contribution in [0.15, 0.2) is 24.3 Å². The summed E-state index contributed by atoms with van der Waals surface area (Å²) >= 11 is 0. The van der Waals surface area contributed by atoms with Gasteiger partial charge in [-0.1, -0.05) is 18.6 Å². The predicted molar refractivity (Wildman–Crippen MR) is 89.7 cm³/mol. The predicted octanol–water partition coefficient (Wildman–Crippen LogP) is 2.59. The Labute approximate surface area is 146 Å². The van der Waals surface area contributed by atoms with Crippen LogP contribution in [0.1, 0.15) is 37.7 Å². The molecule has 1 saturated carbocycles. The zero-order valence-electron chi connectivity index (χ0n) is 14.5. The van der Waals surface area contributed by atoms with E-state index in [2.05, 4.69) is 0 Å². The lowest BCUT2D eigenvalue weighted by Crippen LogP contribution is -2.58. The fraction of sp³-hybridized carbons (Fsp3) is 0.579. The van der Waals surface area contributed by atoms with Crippen molar-refractivity contribution >= 4 is 11.9 Å². The summed E-state index contributed by atoms with van der Waals surface area (Å²) in [6.45, 7) is 0.764. The summed E-state index contributed by atoms with van der Waals surface area (Å²) in [7, 11) is 1.48. The molecule has 1 N–H and O–H groups in total. The lowest BCUT2D eigenvalue weighted by atomic mass is 9.63. The second kappa shape index (κ2) is 6.75. The second-order valence-electron chi connectivity index (χ2n) is 7.29. The molecule has 5 nitrogen and oxygen atoms in total. The fourth-order valence-electron chi connectivity index (χ4n) is 4.18. The van der Waals surface area contributed by atoms with Gasteiger partial charge in [-0.2, -0.15) is 0 Å². The Morgan fingerprint density at radius 3 is 2.60 bits per heavy atom. The van der Waals surface area contributed by atoms with Gasteiger partial charge in [0.2, 0.25) is 5.91 Å². The summed E-state index contributed by atoms with van der Waals surface area (Å²) in [6, 6.07) is 6.22. The summed E-state index contributed by atoms with van der Waals surface area (Å²) in [5, 5.41) is 9.68. The standard InChI is InChI=1S/C19H24FNO4/c1-25-13-18(17(23)24)7-4-10-21(12-18)16(22)19(8-3-9-19)14-5-2-6-15(20)11-14/h2,5-6,11H,3-4,7-10,12-13H2,1H3,(H,23,24). The van der Waals surface area contributed by atoms with Crippen LogP contribution in [0.2, 0.25) is 0 Å². The molecule has 1 aromatic carbocycles. The Morgan fingerprint density at radius 2 is 2.04 bits per heavy atom. The maximum Gasteiger partial charge on any atom is 0.313 e. The van der Waals surface area contributed by atoms with E-state index in [9.17, 15) is 19.1 Å². The first kappa shape index (κ1) is 17.9. The van der Waals surface area contributed by atoms with Gasteiger partial charge < -0.3 is 14.7 Å². The molecule has 0 spiro atoms. The van der Waals surface area contributed by atoms with Gasteiger partial charge in [0, 0.05) is 20.2 Å². The molecule has 1 atom stereocenters. The Balaban J connectivity index is 1.87. The van der Waals surface area contributed by atoms with E-state index in [1.807, 2.05) is 0 Å². The van der Waals surface area contributed by atoms with Crippen LogP contribution >= 0.6 is 0 Å². The number of benzene rings is 1. The van der Waals surface area contributed by atoms with Crippen LogP contribution in [-0.2, 0) is 19.7 Å². The summed E-state index contributed by atoms with van der Waals surface area (Å²) in [5.74, 6) is -1.36. The third kappa shape index (κ3) is 3.03. The molecule has 2 fully saturated rings. The molecule has 1 aliphatic carbocycles. The summed E-state index contributed by atoms with van der Waals surface area (Å²) in [4.78, 5) is 26.8. The topological polar surface area (TPSA) is 66.8 Å². The van der Waals surface area contributed by atoms with Gasteiger partial charge in [0.1, 0.15) is 11.2 Å². The molecule has 1 heterocycles. The molecule has 136 valence electrons. The number of ether oxygens (including phenoxy) is 1. The first-order valence-electron chi connectivity index (χ1n) is 8.71. The maximum absolute atomic E-state index is 13.7. The molecule has 1 saturated heterocycles. The molecule has 1 amide bonds. The van der Waals surface area contributed by atoms with E-state index in [0.717, 1.165) is 6.42 Å². The minimum atomic E-state index is -1.06. The van der Waals surface area contributed by atoms with Crippen molar-refractivity contribution in [2.24, 2.45) is 5.41 Å². The van der Waals surface area contributed by atoms with Crippen LogP contribution in [0.5, 0.6) is 0 Å². The van der Waals surface area contributed by atoms with Gasteiger partial charge in [-0.3, -0.25) is 9.59 Å². The number of likely N-dealkylation sites (tertiary alicyclic amines) is 1. The monoisotopic (exact) mass is 349 g/mol. The quantitative estimate of drug-likeness (QED) is 0.887. The van der Waals surface area contributed by atoms with Crippen molar-refractivity contribution in [2.75, 3.05) is 26.8 Å². The van der Waals surface area contributed by atoms with Crippen LogP contribution in [0.25, 0.3) is 0 Å². The minimum Gasteiger partial charge on any atom is -0.481 e. The average Bonchev–Trinajstić information content (AvgIpc) is 2.54. The zero-order chi connectivity index (χ0) is 18.1. The molecule has 25 heavy (non-hydrogen) atoms. The van der Waals surface area contributed by atoms with Crippen molar-refractivity contribution in [3.8, 4) is 0 Å². The number of piperidine rings is 1. The number of aliphatic carboxylic acids is 1. The highest BCUT2D eigenvalue weighted by atomic mass is 19.1. The number of carboxylic acids is 1. The van der Waals surface area contributed by atoms with Crippen molar-refractivity contribution < 1.29 is 23.8 Å². The van der Waals surface area contributed by atoms with E-state index in [-0.39, 0.29) is 24.9 Å². The Morgan fingerprint density at radius 1 is 1.28 bits per heavy atom. The molecule has 1 aliphatic heterocycles. The van der Waals surface area contributed by atoms with Crippen molar-refractivity contribution in [3.63, 3.8) is 0 Å². The van der Waals surface area contributed by atoms with Gasteiger partial charge in [0.15, 0.2) is 0 Å². The molecule has 0 bridgehead atoms. The molecular weight excluding hydrogens is 325 g/mol. The van der Waals surface area contributed by atoms with Crippen molar-refractivity contribution in [1.29, 1.82) is 0 Å². The van der Waals surface area contributed by atoms with E-state index < -0.39 is 16.8 Å². The number of carbonyl (C=O) groups excluding carboxylic acids is 1. The fourth-order valence-corrected chi connectivity index (χ4v) is 4.18. The minimum absolute atomic E-state index is 0.0780. The first-order valence-corrected chi connectivity index (χ1v) is 8.71. The number of halogens is 1. The van der Waals surface area contributed by atoms with E-state index in [1.165, 1.54) is 19.2 Å². The highest BCUT2D eigenvalue weighted by Gasteiger charge is 2.51. The summed E-state index contributed by atoms with van der Waals surface area (Å²) in [5.41, 5.74) is -1.08. The van der Waals surface area contributed by atoms with E-state index in [1.54, 1.807) is 17.0 Å². The Bertz CT molecular complexity index is 669. The summed E-state index contributed by atoms with van der Waals surface area (Å²) < 4.78 is 18.8. The molecule has 3 rings (SSSR count). The zero-order valence-corrected chi connectivity index (χ0v) is 14.5. The number of hydrogen-bond acceptors (Lipinski definition) is 3. The number of hydrogen-bond donors (Lipinski definition) is 1. The van der Waals surface area contributed by atoms with Crippen molar-refractivity contribution in [1.82, 2.24) is 4.90 Å². The lowest BCUT2D eigenvalue weighted by Gasteiger charge is -2.47. The Hall–Kier alpha value is -1.95. The van der Waals surface area contributed by atoms with E-state index in [4.69, 9.17) is 4.74 Å². The number of carbonyl (C=O) groups is 2. The van der Waals surface area contributed by atoms with Gasteiger partial charge in [-0.25, -0.2) is 4.39 Å². The van der Waals surface area contributed by atoms with Crippen molar-refractivity contribution in [3.05, 3.63) is 35.6 Å². The van der Waals surface area contributed by atoms with Gasteiger partial charge in [-0.15, -0.1) is 0 Å². The molecule has 2 aliphatic rings. The van der Waals surface area contributed by atoms with Crippen LogP contribution in [0.3, 0.4) is 0 Å². The Kier molecular flexibility index (Phi) is 4.82. The van der Waals surface area contributed by atoms with Gasteiger partial charge in [0.25, 0.3) is 0 Å². The third-order valence-electron chi connectivity index (χ3n) is 5.73. The highest BCUT2D eigenvalue weighted by molar-refractivity contribution is 5.90. The highest BCUT2D eigenvalue weighted by Crippen LogP contribution is 2.46.